The Bertz CT molecular complexity index is 573. The highest BCUT2D eigenvalue weighted by Crippen LogP contribution is 2.65. The van der Waals surface area contributed by atoms with E-state index in [9.17, 15) is 19.7 Å². The second-order valence-electron chi connectivity index (χ2n) is 8.74. The van der Waals surface area contributed by atoms with E-state index < -0.39 is 23.8 Å². The van der Waals surface area contributed by atoms with Crippen LogP contribution in [0.3, 0.4) is 0 Å². The molecule has 0 aliphatic heterocycles. The van der Waals surface area contributed by atoms with E-state index >= 15 is 0 Å². The third-order valence-electron chi connectivity index (χ3n) is 7.70. The number of hydrogen-bond donors (Lipinski definition) is 3. The normalized spacial score (nSPS) is 58.1. The molecule has 3 nitrogen and oxygen atoms in total. The molecule has 0 amide bonds. The molecule has 4 aliphatic rings. The molecule has 3 saturated carbocycles. The zero-order valence-corrected chi connectivity index (χ0v) is 13.8. The Kier molecular flexibility index (Phi) is 3.28. The summed E-state index contributed by atoms with van der Waals surface area (Å²) in [6.07, 6.45) is 5.79. The zero-order valence-electron chi connectivity index (χ0n) is 13.8. The number of hydrogen-bond acceptors (Lipinski definition) is 3. The van der Waals surface area contributed by atoms with Crippen LogP contribution in [0.15, 0.2) is 24.0 Å². The Morgan fingerprint density at radius 3 is 2.70 bits per heavy atom. The van der Waals surface area contributed by atoms with Crippen molar-refractivity contribution in [1.82, 2.24) is 0 Å². The summed E-state index contributed by atoms with van der Waals surface area (Å²) < 4.78 is 14.2. The first-order chi connectivity index (χ1) is 10.8. The van der Waals surface area contributed by atoms with E-state index in [2.05, 4.69) is 6.92 Å². The fourth-order valence-electron chi connectivity index (χ4n) is 6.53. The van der Waals surface area contributed by atoms with Crippen LogP contribution in [0.5, 0.6) is 0 Å². The summed E-state index contributed by atoms with van der Waals surface area (Å²) in [5.41, 5.74) is -0.713. The first-order valence-corrected chi connectivity index (χ1v) is 8.87. The Balaban J connectivity index is 1.73. The Morgan fingerprint density at radius 1 is 1.22 bits per heavy atom. The molecule has 0 radical (unpaired) electrons. The molecule has 0 spiro atoms. The molecule has 0 aromatic heterocycles. The van der Waals surface area contributed by atoms with Gasteiger partial charge in [-0.25, -0.2) is 4.39 Å². The van der Waals surface area contributed by atoms with Gasteiger partial charge in [-0.3, -0.25) is 0 Å². The van der Waals surface area contributed by atoms with Gasteiger partial charge in [0, 0.05) is 5.41 Å². The average molecular weight is 322 g/mol. The molecule has 4 rings (SSSR count). The molecule has 0 aromatic carbocycles. The van der Waals surface area contributed by atoms with Gasteiger partial charge in [-0.15, -0.1) is 0 Å². The van der Waals surface area contributed by atoms with Crippen LogP contribution in [0.2, 0.25) is 0 Å². The molecule has 4 heteroatoms. The molecule has 0 heterocycles. The van der Waals surface area contributed by atoms with Gasteiger partial charge in [0.25, 0.3) is 0 Å². The summed E-state index contributed by atoms with van der Waals surface area (Å²) in [6, 6.07) is 0. The maximum absolute atomic E-state index is 14.2. The lowest BCUT2D eigenvalue weighted by molar-refractivity contribution is -0.150. The van der Waals surface area contributed by atoms with Crippen molar-refractivity contribution in [1.29, 1.82) is 0 Å². The van der Waals surface area contributed by atoms with E-state index in [1.807, 2.05) is 19.1 Å². The van der Waals surface area contributed by atoms with Crippen LogP contribution in [0.25, 0.3) is 0 Å². The van der Waals surface area contributed by atoms with Crippen molar-refractivity contribution < 1.29 is 19.7 Å². The van der Waals surface area contributed by atoms with Crippen molar-refractivity contribution in [2.24, 2.45) is 34.5 Å². The number of halogens is 1. The topological polar surface area (TPSA) is 60.7 Å². The molecule has 0 bridgehead atoms. The lowest BCUT2D eigenvalue weighted by atomic mass is 9.46. The molecular formula is C19H27FO3. The highest BCUT2D eigenvalue weighted by molar-refractivity contribution is 5.28. The summed E-state index contributed by atoms with van der Waals surface area (Å²) in [5.74, 6) is 0.962. The second kappa shape index (κ2) is 4.82. The first-order valence-electron chi connectivity index (χ1n) is 8.87. The van der Waals surface area contributed by atoms with Crippen molar-refractivity contribution >= 4 is 0 Å². The number of rotatable bonds is 0. The quantitative estimate of drug-likeness (QED) is 0.642. The van der Waals surface area contributed by atoms with Gasteiger partial charge in [-0.1, -0.05) is 19.9 Å². The summed E-state index contributed by atoms with van der Waals surface area (Å²) in [7, 11) is 0. The largest absolute Gasteiger partial charge is 0.508 e. The van der Waals surface area contributed by atoms with E-state index in [0.717, 1.165) is 12.8 Å². The molecule has 4 aliphatic carbocycles. The van der Waals surface area contributed by atoms with Gasteiger partial charge >= 0.3 is 0 Å². The molecule has 3 N–H and O–H groups in total. The number of aliphatic hydroxyl groups excluding tert-OH is 3. The third kappa shape index (κ3) is 1.94. The predicted octanol–water partition coefficient (Wildman–Crippen LogP) is 3.14. The van der Waals surface area contributed by atoms with Gasteiger partial charge in [-0.05, 0) is 66.9 Å². The van der Waals surface area contributed by atoms with E-state index in [0.29, 0.717) is 18.6 Å². The average Bonchev–Trinajstić information content (AvgIpc) is 2.71. The highest BCUT2D eigenvalue weighted by Gasteiger charge is 2.64. The highest BCUT2D eigenvalue weighted by atomic mass is 19.1. The predicted molar refractivity (Wildman–Crippen MR) is 85.4 cm³/mol. The lowest BCUT2D eigenvalue weighted by Crippen LogP contribution is -2.58. The van der Waals surface area contributed by atoms with Crippen LogP contribution in [-0.2, 0) is 0 Å². The van der Waals surface area contributed by atoms with Crippen molar-refractivity contribution in [3.63, 3.8) is 0 Å². The fraction of sp³-hybridized carbons (Fsp3) is 0.789. The van der Waals surface area contributed by atoms with Crippen LogP contribution in [0.4, 0.5) is 4.39 Å². The second-order valence-corrected chi connectivity index (χ2v) is 8.74. The summed E-state index contributed by atoms with van der Waals surface area (Å²) >= 11 is 0. The number of fused-ring (bicyclic) bond motifs is 5. The molecule has 9 atom stereocenters. The van der Waals surface area contributed by atoms with Crippen LogP contribution >= 0.6 is 0 Å². The third-order valence-corrected chi connectivity index (χ3v) is 7.70. The summed E-state index contributed by atoms with van der Waals surface area (Å²) in [6.45, 7) is 4.12. The maximum Gasteiger partial charge on any atom is 0.127 e. The number of aliphatic hydroxyl groups is 3. The molecule has 0 saturated heterocycles. The minimum atomic E-state index is -1.17. The van der Waals surface area contributed by atoms with Gasteiger partial charge in [0.05, 0.1) is 12.2 Å². The van der Waals surface area contributed by atoms with Gasteiger partial charge in [0.15, 0.2) is 0 Å². The van der Waals surface area contributed by atoms with Crippen molar-refractivity contribution in [2.75, 3.05) is 0 Å². The van der Waals surface area contributed by atoms with E-state index in [4.69, 9.17) is 0 Å². The van der Waals surface area contributed by atoms with Crippen LogP contribution in [-0.4, -0.2) is 33.7 Å². The SMILES string of the molecule is C[C@]12C=CC(O)=C[C@H]1CC[C@@H]1[C@@H]2[C@@H](O)C[C@]2(C)[C@@H](O)[C@H](F)C[C@@H]12. The first kappa shape index (κ1) is 15.6. The van der Waals surface area contributed by atoms with Crippen molar-refractivity contribution in [3.8, 4) is 0 Å². The van der Waals surface area contributed by atoms with E-state index in [-0.39, 0.29) is 29.1 Å². The molecule has 0 aromatic rings. The van der Waals surface area contributed by atoms with Crippen LogP contribution in [0, 0.1) is 34.5 Å². The summed E-state index contributed by atoms with van der Waals surface area (Å²) in [4.78, 5) is 0. The van der Waals surface area contributed by atoms with Gasteiger partial charge in [0.1, 0.15) is 11.9 Å². The minimum absolute atomic E-state index is 0.0671. The van der Waals surface area contributed by atoms with Gasteiger partial charge in [-0.2, -0.15) is 0 Å². The van der Waals surface area contributed by atoms with Crippen LogP contribution in [0.1, 0.15) is 39.5 Å². The van der Waals surface area contributed by atoms with E-state index in [1.165, 1.54) is 0 Å². The number of alkyl halides is 1. The maximum atomic E-state index is 14.2. The minimum Gasteiger partial charge on any atom is -0.508 e. The molecule has 23 heavy (non-hydrogen) atoms. The van der Waals surface area contributed by atoms with Gasteiger partial charge < -0.3 is 15.3 Å². The Labute approximate surface area is 136 Å². The smallest absolute Gasteiger partial charge is 0.127 e. The van der Waals surface area contributed by atoms with Gasteiger partial charge in [0.2, 0.25) is 0 Å². The molecular weight excluding hydrogens is 295 g/mol. The summed E-state index contributed by atoms with van der Waals surface area (Å²) in [5, 5.41) is 31.1. The van der Waals surface area contributed by atoms with E-state index in [1.54, 1.807) is 6.08 Å². The standard InChI is InChI=1S/C19H27FO3/c1-18-6-5-11(21)7-10(18)3-4-12-13-8-14(20)17(23)19(13,2)9-15(22)16(12)18/h5-7,10,12-17,21-23H,3-4,8-9H2,1-2H3/t10-,12+,13+,14-,15+,16-,17+,18+,19+/m1/s1. The fourth-order valence-corrected chi connectivity index (χ4v) is 6.53. The van der Waals surface area contributed by atoms with Crippen molar-refractivity contribution in [2.45, 2.75) is 57.9 Å². The number of allylic oxidation sites excluding steroid dienone is 3. The Morgan fingerprint density at radius 2 is 1.96 bits per heavy atom. The molecule has 128 valence electrons. The lowest BCUT2D eigenvalue weighted by Gasteiger charge is -2.59. The molecule has 0 unspecified atom stereocenters. The zero-order chi connectivity index (χ0) is 16.6. The van der Waals surface area contributed by atoms with Crippen LogP contribution < -0.4 is 0 Å². The Hall–Kier alpha value is -0.870. The van der Waals surface area contributed by atoms with Crippen molar-refractivity contribution in [3.05, 3.63) is 24.0 Å². The monoisotopic (exact) mass is 322 g/mol. The molecule has 3 fully saturated rings.